The van der Waals surface area contributed by atoms with E-state index in [1.165, 1.54) is 0 Å². The maximum Gasteiger partial charge on any atom is 0.294 e. The molecule has 94 valence electrons. The minimum Gasteiger partial charge on any atom is -0.385 e. The number of unbranched alkanes of at least 4 members (excludes halogenated alkanes) is 1. The molecule has 0 saturated carbocycles. The molecule has 0 fully saturated rings. The van der Waals surface area contributed by atoms with Crippen molar-refractivity contribution in [1.82, 2.24) is 0 Å². The molecular weight excluding hydrogens is 224 g/mol. The van der Waals surface area contributed by atoms with Gasteiger partial charge in [0.05, 0.1) is 0 Å². The number of nitrogens with zero attached hydrogens (tertiary/aromatic N) is 2. The van der Waals surface area contributed by atoms with E-state index in [1.807, 2.05) is 0 Å². The topological polar surface area (TPSA) is 114 Å². The van der Waals surface area contributed by atoms with E-state index in [9.17, 15) is 20.2 Å². The second-order valence-electron chi connectivity index (χ2n) is 2.96. The normalized spacial score (nSPS) is 11.8. The molecular formula is C7H14N2O7. The summed E-state index contributed by atoms with van der Waals surface area (Å²) in [5.74, 6) is 0. The Morgan fingerprint density at radius 2 is 1.88 bits per heavy atom. The van der Waals surface area contributed by atoms with Crippen molar-refractivity contribution in [3.8, 4) is 0 Å². The molecule has 0 spiro atoms. The lowest BCUT2D eigenvalue weighted by atomic mass is 10.2. The summed E-state index contributed by atoms with van der Waals surface area (Å²) >= 11 is 0. The van der Waals surface area contributed by atoms with Crippen molar-refractivity contribution >= 4 is 0 Å². The monoisotopic (exact) mass is 238 g/mol. The van der Waals surface area contributed by atoms with E-state index in [-0.39, 0.29) is 0 Å². The van der Waals surface area contributed by atoms with Gasteiger partial charge in [0, 0.05) is 13.7 Å². The van der Waals surface area contributed by atoms with E-state index in [0.717, 1.165) is 0 Å². The maximum atomic E-state index is 10.1. The zero-order valence-electron chi connectivity index (χ0n) is 8.87. The van der Waals surface area contributed by atoms with Crippen LogP contribution in [0.5, 0.6) is 0 Å². The molecule has 0 aromatic rings. The van der Waals surface area contributed by atoms with Gasteiger partial charge < -0.3 is 14.4 Å². The summed E-state index contributed by atoms with van der Waals surface area (Å²) in [5, 5.41) is 18.0. The van der Waals surface area contributed by atoms with E-state index < -0.39 is 22.9 Å². The third-order valence-corrected chi connectivity index (χ3v) is 1.73. The number of methoxy groups -OCH3 is 1. The van der Waals surface area contributed by atoms with Crippen molar-refractivity contribution < 1.29 is 24.6 Å². The molecule has 0 aliphatic carbocycles. The van der Waals surface area contributed by atoms with Crippen LogP contribution >= 0.6 is 0 Å². The van der Waals surface area contributed by atoms with Crippen LogP contribution in [0.25, 0.3) is 0 Å². The van der Waals surface area contributed by atoms with Gasteiger partial charge in [-0.05, 0) is 19.3 Å². The van der Waals surface area contributed by atoms with Gasteiger partial charge in [-0.2, -0.15) is 0 Å². The number of hydrogen-bond donors (Lipinski definition) is 0. The van der Waals surface area contributed by atoms with Crippen LogP contribution in [0, 0.1) is 20.2 Å². The zero-order valence-corrected chi connectivity index (χ0v) is 8.87. The van der Waals surface area contributed by atoms with Crippen molar-refractivity contribution in [3.63, 3.8) is 0 Å². The smallest absolute Gasteiger partial charge is 0.294 e. The first-order valence-corrected chi connectivity index (χ1v) is 4.63. The van der Waals surface area contributed by atoms with Crippen LogP contribution in [0.2, 0.25) is 0 Å². The molecule has 1 unspecified atom stereocenters. The van der Waals surface area contributed by atoms with Crippen LogP contribution in [0.15, 0.2) is 0 Å². The molecule has 0 aromatic carbocycles. The van der Waals surface area contributed by atoms with E-state index in [4.69, 9.17) is 4.74 Å². The SMILES string of the molecule is COCCCCC(CO[N+](=O)[O-])O[N+](=O)[O-]. The van der Waals surface area contributed by atoms with E-state index in [2.05, 4.69) is 9.68 Å². The molecule has 1 atom stereocenters. The minimum absolute atomic E-state index is 0.304. The molecule has 0 radical (unpaired) electrons. The fourth-order valence-electron chi connectivity index (χ4n) is 1.05. The summed E-state index contributed by atoms with van der Waals surface area (Å²) in [4.78, 5) is 28.2. The average Bonchev–Trinajstić information content (AvgIpc) is 2.19. The Labute approximate surface area is 91.5 Å². The molecule has 0 rings (SSSR count). The van der Waals surface area contributed by atoms with Gasteiger partial charge in [-0.15, -0.1) is 20.2 Å². The molecule has 9 nitrogen and oxygen atoms in total. The summed E-state index contributed by atoms with van der Waals surface area (Å²) in [7, 11) is 1.54. The van der Waals surface area contributed by atoms with Gasteiger partial charge in [-0.3, -0.25) is 0 Å². The van der Waals surface area contributed by atoms with Crippen LogP contribution < -0.4 is 0 Å². The van der Waals surface area contributed by atoms with E-state index in [1.54, 1.807) is 7.11 Å². The molecule has 0 bridgehead atoms. The van der Waals surface area contributed by atoms with Gasteiger partial charge >= 0.3 is 0 Å². The number of rotatable bonds is 10. The van der Waals surface area contributed by atoms with Gasteiger partial charge in [0.1, 0.15) is 12.7 Å². The summed E-state index contributed by atoms with van der Waals surface area (Å²) in [5.41, 5.74) is 0. The zero-order chi connectivity index (χ0) is 12.4. The summed E-state index contributed by atoms with van der Waals surface area (Å²) in [6, 6.07) is 0. The minimum atomic E-state index is -1.01. The van der Waals surface area contributed by atoms with Crippen LogP contribution in [-0.2, 0) is 14.4 Å². The third kappa shape index (κ3) is 8.94. The van der Waals surface area contributed by atoms with Crippen LogP contribution in [-0.4, -0.2) is 36.6 Å². The molecule has 0 saturated heterocycles. The van der Waals surface area contributed by atoms with Gasteiger partial charge in [0.2, 0.25) is 0 Å². The second kappa shape index (κ2) is 8.65. The molecule has 0 aliphatic heterocycles. The van der Waals surface area contributed by atoms with E-state index >= 15 is 0 Å². The highest BCUT2D eigenvalue weighted by Crippen LogP contribution is 2.06. The quantitative estimate of drug-likeness (QED) is 0.310. The van der Waals surface area contributed by atoms with Gasteiger partial charge in [0.25, 0.3) is 10.2 Å². The predicted octanol–water partition coefficient (Wildman–Crippen LogP) is 0.588. The molecule has 0 amide bonds. The van der Waals surface area contributed by atoms with Crippen molar-refractivity contribution in [2.24, 2.45) is 0 Å². The Bertz CT molecular complexity index is 223. The molecule has 16 heavy (non-hydrogen) atoms. The Balaban J connectivity index is 3.80. The van der Waals surface area contributed by atoms with Gasteiger partial charge in [0.15, 0.2) is 0 Å². The van der Waals surface area contributed by atoms with Gasteiger partial charge in [-0.1, -0.05) is 0 Å². The average molecular weight is 238 g/mol. The largest absolute Gasteiger partial charge is 0.385 e. The first-order valence-electron chi connectivity index (χ1n) is 4.63. The Morgan fingerprint density at radius 1 is 1.19 bits per heavy atom. The standard InChI is InChI=1S/C7H14N2O7/c1-14-5-3-2-4-7(16-9(12)13)6-15-8(10)11/h7H,2-6H2,1H3. The van der Waals surface area contributed by atoms with Crippen molar-refractivity contribution in [3.05, 3.63) is 20.2 Å². The molecule has 0 N–H and O–H groups in total. The first-order chi connectivity index (χ1) is 7.56. The fourth-order valence-corrected chi connectivity index (χ4v) is 1.05. The molecule has 9 heteroatoms. The van der Waals surface area contributed by atoms with Crippen molar-refractivity contribution in [2.45, 2.75) is 25.4 Å². The Hall–Kier alpha value is -1.64. The van der Waals surface area contributed by atoms with Crippen molar-refractivity contribution in [2.75, 3.05) is 20.3 Å². The van der Waals surface area contributed by atoms with Crippen LogP contribution in [0.4, 0.5) is 0 Å². The van der Waals surface area contributed by atoms with Crippen molar-refractivity contribution in [1.29, 1.82) is 0 Å². The lowest BCUT2D eigenvalue weighted by molar-refractivity contribution is -0.790. The Kier molecular flexibility index (Phi) is 7.76. The third-order valence-electron chi connectivity index (χ3n) is 1.73. The lowest BCUT2D eigenvalue weighted by Gasteiger charge is -2.12. The first kappa shape index (κ1) is 14.4. The highest BCUT2D eigenvalue weighted by atomic mass is 17.0. The lowest BCUT2D eigenvalue weighted by Crippen LogP contribution is -2.24. The summed E-state index contributed by atoms with van der Waals surface area (Å²) < 4.78 is 4.79. The van der Waals surface area contributed by atoms with Gasteiger partial charge in [-0.25, -0.2) is 0 Å². The molecule has 0 aliphatic rings. The summed E-state index contributed by atoms with van der Waals surface area (Å²) in [6.45, 7) is 0.0856. The fraction of sp³-hybridized carbons (Fsp3) is 1.00. The predicted molar refractivity (Wildman–Crippen MR) is 50.5 cm³/mol. The Morgan fingerprint density at radius 3 is 2.38 bits per heavy atom. The van der Waals surface area contributed by atoms with Crippen LogP contribution in [0.1, 0.15) is 19.3 Å². The highest BCUT2D eigenvalue weighted by molar-refractivity contribution is 4.54. The van der Waals surface area contributed by atoms with E-state index in [0.29, 0.717) is 25.9 Å². The number of ether oxygens (including phenoxy) is 1. The number of hydrogen-bond acceptors (Lipinski definition) is 7. The summed E-state index contributed by atoms with van der Waals surface area (Å²) in [6.07, 6.45) is 0.690. The highest BCUT2D eigenvalue weighted by Gasteiger charge is 2.15. The molecule has 0 aromatic heterocycles. The second-order valence-corrected chi connectivity index (χ2v) is 2.96. The maximum absolute atomic E-state index is 10.1. The van der Waals surface area contributed by atoms with Crippen LogP contribution in [0.3, 0.4) is 0 Å². The molecule has 0 heterocycles.